The minimum atomic E-state index is -0.0131. The Kier molecular flexibility index (Phi) is 8.20. The van der Waals surface area contributed by atoms with Gasteiger partial charge in [0, 0.05) is 31.6 Å². The lowest BCUT2D eigenvalue weighted by molar-refractivity contribution is -0.135. The van der Waals surface area contributed by atoms with Crippen LogP contribution in [0.2, 0.25) is 0 Å². The molecule has 6 heteroatoms. The average Bonchev–Trinajstić information content (AvgIpc) is 3.21. The predicted octanol–water partition coefficient (Wildman–Crippen LogP) is 3.19. The molecule has 1 aromatic rings. The topological polar surface area (TPSA) is 66.0 Å². The summed E-state index contributed by atoms with van der Waals surface area (Å²) in [7, 11) is 0. The summed E-state index contributed by atoms with van der Waals surface area (Å²) in [4.78, 5) is 19.5. The van der Waals surface area contributed by atoms with E-state index < -0.39 is 0 Å². The van der Waals surface area contributed by atoms with Crippen LogP contribution in [0.15, 0.2) is 35.3 Å². The van der Waals surface area contributed by atoms with Gasteiger partial charge in [0.2, 0.25) is 5.91 Å². The van der Waals surface area contributed by atoms with Crippen LogP contribution in [-0.4, -0.2) is 55.1 Å². The Morgan fingerprint density at radius 1 is 1.21 bits per heavy atom. The Hall–Kier alpha value is -2.24. The molecule has 2 unspecified atom stereocenters. The van der Waals surface area contributed by atoms with Gasteiger partial charge in [0.05, 0.1) is 6.54 Å². The van der Waals surface area contributed by atoms with Gasteiger partial charge < -0.3 is 20.3 Å². The number of ether oxygens (including phenoxy) is 1. The molecular formula is C23H36N4O2. The third kappa shape index (κ3) is 6.65. The monoisotopic (exact) mass is 400 g/mol. The molecule has 2 aliphatic rings. The molecule has 0 bridgehead atoms. The fourth-order valence-electron chi connectivity index (χ4n) is 4.19. The van der Waals surface area contributed by atoms with Crippen molar-refractivity contribution in [1.29, 1.82) is 0 Å². The first-order valence-electron chi connectivity index (χ1n) is 11.2. The van der Waals surface area contributed by atoms with Crippen LogP contribution in [0.1, 0.15) is 52.4 Å². The number of likely N-dealkylation sites (tertiary alicyclic amines) is 1. The van der Waals surface area contributed by atoms with Gasteiger partial charge in [-0.3, -0.25) is 4.79 Å². The summed E-state index contributed by atoms with van der Waals surface area (Å²) in [5.41, 5.74) is 0. The SMILES string of the molecule is CCNC(=NCC(C)Oc1ccccc1)NC1CCN(C(=O)C2CCCCC2)C1. The van der Waals surface area contributed by atoms with Crippen molar-refractivity contribution in [2.45, 2.75) is 64.5 Å². The molecule has 2 fully saturated rings. The first kappa shape index (κ1) is 21.5. The zero-order chi connectivity index (χ0) is 20.5. The molecule has 1 heterocycles. The smallest absolute Gasteiger partial charge is 0.225 e. The number of rotatable bonds is 7. The van der Waals surface area contributed by atoms with Gasteiger partial charge in [-0.2, -0.15) is 0 Å². The highest BCUT2D eigenvalue weighted by atomic mass is 16.5. The normalized spacial score (nSPS) is 21.7. The van der Waals surface area contributed by atoms with Gasteiger partial charge in [0.25, 0.3) is 0 Å². The molecule has 0 spiro atoms. The molecule has 1 saturated carbocycles. The van der Waals surface area contributed by atoms with E-state index in [0.29, 0.717) is 12.5 Å². The number of benzene rings is 1. The lowest BCUT2D eigenvalue weighted by atomic mass is 9.88. The largest absolute Gasteiger partial charge is 0.489 e. The van der Waals surface area contributed by atoms with E-state index in [1.165, 1.54) is 19.3 Å². The van der Waals surface area contributed by atoms with Crippen LogP contribution < -0.4 is 15.4 Å². The molecule has 3 rings (SSSR count). The molecule has 29 heavy (non-hydrogen) atoms. The van der Waals surface area contributed by atoms with Gasteiger partial charge in [0.15, 0.2) is 5.96 Å². The standard InChI is InChI=1S/C23H36N4O2/c1-3-24-23(25-16-18(2)29-21-12-8-5-9-13-21)26-20-14-15-27(17-20)22(28)19-10-6-4-7-11-19/h5,8-9,12-13,18-20H,3-4,6-7,10-11,14-17H2,1-2H3,(H2,24,25,26). The Labute approximate surface area is 175 Å². The van der Waals surface area contributed by atoms with Crippen molar-refractivity contribution in [3.05, 3.63) is 30.3 Å². The number of hydrogen-bond donors (Lipinski definition) is 2. The summed E-state index contributed by atoms with van der Waals surface area (Å²) >= 11 is 0. The lowest BCUT2D eigenvalue weighted by Crippen LogP contribution is -2.46. The number of carbonyl (C=O) groups is 1. The van der Waals surface area contributed by atoms with E-state index in [0.717, 1.165) is 50.6 Å². The number of aliphatic imine (C=N–C) groups is 1. The maximum Gasteiger partial charge on any atom is 0.225 e. The number of para-hydroxylation sites is 1. The van der Waals surface area contributed by atoms with Crippen molar-refractivity contribution in [3.8, 4) is 5.75 Å². The maximum atomic E-state index is 12.8. The van der Waals surface area contributed by atoms with Crippen molar-refractivity contribution < 1.29 is 9.53 Å². The summed E-state index contributed by atoms with van der Waals surface area (Å²) in [6.07, 6.45) is 6.77. The number of hydrogen-bond acceptors (Lipinski definition) is 3. The average molecular weight is 401 g/mol. The fourth-order valence-corrected chi connectivity index (χ4v) is 4.19. The summed E-state index contributed by atoms with van der Waals surface area (Å²) in [5, 5.41) is 6.83. The number of nitrogens with zero attached hydrogens (tertiary/aromatic N) is 2. The molecule has 160 valence electrons. The van der Waals surface area contributed by atoms with Crippen LogP contribution in [0.3, 0.4) is 0 Å². The lowest BCUT2D eigenvalue weighted by Gasteiger charge is -2.26. The molecule has 0 radical (unpaired) electrons. The number of amides is 1. The number of carbonyl (C=O) groups excluding carboxylic acids is 1. The quantitative estimate of drug-likeness (QED) is 0.545. The molecule has 1 aromatic carbocycles. The van der Waals surface area contributed by atoms with Crippen LogP contribution >= 0.6 is 0 Å². The van der Waals surface area contributed by atoms with Crippen LogP contribution in [0.25, 0.3) is 0 Å². The van der Waals surface area contributed by atoms with E-state index in [9.17, 15) is 4.79 Å². The van der Waals surface area contributed by atoms with Crippen LogP contribution in [-0.2, 0) is 4.79 Å². The van der Waals surface area contributed by atoms with Gasteiger partial charge in [-0.05, 0) is 45.2 Å². The Morgan fingerprint density at radius 2 is 1.97 bits per heavy atom. The summed E-state index contributed by atoms with van der Waals surface area (Å²) in [5.74, 6) is 2.27. The van der Waals surface area contributed by atoms with Crippen molar-refractivity contribution in [2.24, 2.45) is 10.9 Å². The second-order valence-corrected chi connectivity index (χ2v) is 8.21. The third-order valence-electron chi connectivity index (χ3n) is 5.73. The summed E-state index contributed by atoms with van der Waals surface area (Å²) in [6.45, 7) is 7.09. The van der Waals surface area contributed by atoms with E-state index >= 15 is 0 Å². The molecule has 1 saturated heterocycles. The molecule has 1 aliphatic heterocycles. The van der Waals surface area contributed by atoms with Gasteiger partial charge in [-0.25, -0.2) is 4.99 Å². The molecular weight excluding hydrogens is 364 g/mol. The predicted molar refractivity (Wildman–Crippen MR) is 117 cm³/mol. The Bertz CT molecular complexity index is 658. The highest BCUT2D eigenvalue weighted by Crippen LogP contribution is 2.26. The first-order valence-corrected chi connectivity index (χ1v) is 11.2. The number of nitrogens with one attached hydrogen (secondary N) is 2. The van der Waals surface area contributed by atoms with Crippen LogP contribution in [0.4, 0.5) is 0 Å². The molecule has 0 aromatic heterocycles. The molecule has 6 nitrogen and oxygen atoms in total. The minimum Gasteiger partial charge on any atom is -0.489 e. The number of guanidine groups is 1. The van der Waals surface area contributed by atoms with E-state index in [4.69, 9.17) is 9.73 Å². The maximum absolute atomic E-state index is 12.8. The third-order valence-corrected chi connectivity index (χ3v) is 5.73. The second-order valence-electron chi connectivity index (χ2n) is 8.21. The van der Waals surface area contributed by atoms with Crippen LogP contribution in [0, 0.1) is 5.92 Å². The fraction of sp³-hybridized carbons (Fsp3) is 0.652. The molecule has 1 amide bonds. The Balaban J connectivity index is 1.48. The highest BCUT2D eigenvalue weighted by molar-refractivity contribution is 5.81. The van der Waals surface area contributed by atoms with Crippen molar-refractivity contribution in [2.75, 3.05) is 26.2 Å². The van der Waals surface area contributed by atoms with Gasteiger partial charge in [-0.15, -0.1) is 0 Å². The zero-order valence-electron chi connectivity index (χ0n) is 17.9. The van der Waals surface area contributed by atoms with Crippen molar-refractivity contribution in [3.63, 3.8) is 0 Å². The highest BCUT2D eigenvalue weighted by Gasteiger charge is 2.31. The summed E-state index contributed by atoms with van der Waals surface area (Å²) in [6, 6.07) is 10.1. The minimum absolute atomic E-state index is 0.0131. The second kappa shape index (κ2) is 11.1. The molecule has 2 N–H and O–H groups in total. The van der Waals surface area contributed by atoms with Crippen molar-refractivity contribution >= 4 is 11.9 Å². The first-order chi connectivity index (χ1) is 14.2. The van der Waals surface area contributed by atoms with E-state index in [1.54, 1.807) is 0 Å². The molecule has 2 atom stereocenters. The van der Waals surface area contributed by atoms with E-state index in [2.05, 4.69) is 22.5 Å². The van der Waals surface area contributed by atoms with Gasteiger partial charge >= 0.3 is 0 Å². The molecule has 1 aliphatic carbocycles. The van der Waals surface area contributed by atoms with Crippen LogP contribution in [0.5, 0.6) is 5.75 Å². The summed E-state index contributed by atoms with van der Waals surface area (Å²) < 4.78 is 5.91. The van der Waals surface area contributed by atoms with Gasteiger partial charge in [0.1, 0.15) is 11.9 Å². The van der Waals surface area contributed by atoms with Gasteiger partial charge in [-0.1, -0.05) is 37.5 Å². The Morgan fingerprint density at radius 3 is 2.69 bits per heavy atom. The van der Waals surface area contributed by atoms with E-state index in [-0.39, 0.29) is 18.1 Å². The zero-order valence-corrected chi connectivity index (χ0v) is 17.9. The van der Waals surface area contributed by atoms with Crippen molar-refractivity contribution in [1.82, 2.24) is 15.5 Å². The van der Waals surface area contributed by atoms with E-state index in [1.807, 2.05) is 37.3 Å².